The standard InChI is InChI=1S/C18H16IN3O2S/c19-14-4-2-1-3-13(14)17(23)21-18-20-15-6-5-12(11-16(15)25-18)22-7-9-24-10-8-22/h1-6,11H,7-10H2,(H,20,21,23). The molecular formula is C18H16IN3O2S. The topological polar surface area (TPSA) is 54.5 Å². The van der Waals surface area contributed by atoms with Crippen LogP contribution in [0.15, 0.2) is 42.5 Å². The van der Waals surface area contributed by atoms with Gasteiger partial charge in [-0.15, -0.1) is 0 Å². The van der Waals surface area contributed by atoms with E-state index in [-0.39, 0.29) is 5.91 Å². The second-order valence-corrected chi connectivity index (χ2v) is 7.90. The zero-order chi connectivity index (χ0) is 17.2. The van der Waals surface area contributed by atoms with Crippen molar-refractivity contribution in [2.45, 2.75) is 0 Å². The van der Waals surface area contributed by atoms with Crippen molar-refractivity contribution in [3.63, 3.8) is 0 Å². The van der Waals surface area contributed by atoms with E-state index in [4.69, 9.17) is 4.74 Å². The van der Waals surface area contributed by atoms with Gasteiger partial charge in [-0.2, -0.15) is 0 Å². The Morgan fingerprint density at radius 2 is 2.00 bits per heavy atom. The molecule has 5 nitrogen and oxygen atoms in total. The highest BCUT2D eigenvalue weighted by atomic mass is 127. The van der Waals surface area contributed by atoms with Crippen LogP contribution in [0.3, 0.4) is 0 Å². The Hall–Kier alpha value is -1.71. The minimum Gasteiger partial charge on any atom is -0.378 e. The van der Waals surface area contributed by atoms with Crippen LogP contribution < -0.4 is 10.2 Å². The van der Waals surface area contributed by atoms with E-state index in [2.05, 4.69) is 49.9 Å². The van der Waals surface area contributed by atoms with Gasteiger partial charge in [0.2, 0.25) is 0 Å². The molecule has 0 radical (unpaired) electrons. The normalized spacial score (nSPS) is 14.7. The molecule has 1 saturated heterocycles. The summed E-state index contributed by atoms with van der Waals surface area (Å²) in [5.74, 6) is -0.127. The molecule has 1 aliphatic rings. The second kappa shape index (κ2) is 7.27. The Labute approximate surface area is 163 Å². The van der Waals surface area contributed by atoms with E-state index in [0.717, 1.165) is 40.1 Å². The number of rotatable bonds is 3. The lowest BCUT2D eigenvalue weighted by atomic mass is 10.2. The van der Waals surface area contributed by atoms with Crippen LogP contribution in [-0.4, -0.2) is 37.2 Å². The molecule has 0 bridgehead atoms. The quantitative estimate of drug-likeness (QED) is 0.595. The SMILES string of the molecule is O=C(Nc1nc2ccc(N3CCOCC3)cc2s1)c1ccccc1I. The molecule has 1 aliphatic heterocycles. The maximum atomic E-state index is 12.5. The molecule has 0 unspecified atom stereocenters. The van der Waals surface area contributed by atoms with Crippen molar-refractivity contribution < 1.29 is 9.53 Å². The number of anilines is 2. The molecule has 1 N–H and O–H groups in total. The number of ether oxygens (including phenoxy) is 1. The van der Waals surface area contributed by atoms with Crippen molar-refractivity contribution in [3.8, 4) is 0 Å². The van der Waals surface area contributed by atoms with Gasteiger partial charge in [0.1, 0.15) is 0 Å². The summed E-state index contributed by atoms with van der Waals surface area (Å²) in [5.41, 5.74) is 2.74. The fourth-order valence-electron chi connectivity index (χ4n) is 2.79. The summed E-state index contributed by atoms with van der Waals surface area (Å²) in [6.07, 6.45) is 0. The van der Waals surface area contributed by atoms with Crippen molar-refractivity contribution >= 4 is 60.9 Å². The van der Waals surface area contributed by atoms with E-state index in [0.29, 0.717) is 10.7 Å². The summed E-state index contributed by atoms with van der Waals surface area (Å²) < 4.78 is 7.40. The molecule has 128 valence electrons. The molecule has 0 spiro atoms. The van der Waals surface area contributed by atoms with E-state index < -0.39 is 0 Å². The Morgan fingerprint density at radius 1 is 1.20 bits per heavy atom. The highest BCUT2D eigenvalue weighted by Gasteiger charge is 2.15. The number of carbonyl (C=O) groups excluding carboxylic acids is 1. The predicted molar refractivity (Wildman–Crippen MR) is 110 cm³/mol. The summed E-state index contributed by atoms with van der Waals surface area (Å²) in [4.78, 5) is 19.3. The first kappa shape index (κ1) is 16.7. The van der Waals surface area contributed by atoms with Crippen LogP contribution in [0, 0.1) is 3.57 Å². The number of halogens is 1. The third kappa shape index (κ3) is 3.63. The fourth-order valence-corrected chi connectivity index (χ4v) is 4.32. The Balaban J connectivity index is 1.56. The lowest BCUT2D eigenvalue weighted by molar-refractivity contribution is 0.102. The molecule has 4 rings (SSSR count). The number of fused-ring (bicyclic) bond motifs is 1. The van der Waals surface area contributed by atoms with Gasteiger partial charge in [0.25, 0.3) is 5.91 Å². The van der Waals surface area contributed by atoms with Crippen molar-refractivity contribution in [2.24, 2.45) is 0 Å². The van der Waals surface area contributed by atoms with Crippen molar-refractivity contribution in [2.75, 3.05) is 36.5 Å². The van der Waals surface area contributed by atoms with E-state index in [1.165, 1.54) is 17.0 Å². The molecule has 2 aromatic carbocycles. The minimum atomic E-state index is -0.127. The van der Waals surface area contributed by atoms with Gasteiger partial charge in [0.05, 0.1) is 29.0 Å². The average Bonchev–Trinajstić information content (AvgIpc) is 3.04. The summed E-state index contributed by atoms with van der Waals surface area (Å²) in [6.45, 7) is 3.33. The molecular weight excluding hydrogens is 449 g/mol. The number of carbonyl (C=O) groups is 1. The lowest BCUT2D eigenvalue weighted by Gasteiger charge is -2.28. The summed E-state index contributed by atoms with van der Waals surface area (Å²) >= 11 is 3.67. The molecule has 1 fully saturated rings. The molecule has 0 atom stereocenters. The van der Waals surface area contributed by atoms with Gasteiger partial charge in [-0.1, -0.05) is 23.5 Å². The van der Waals surface area contributed by atoms with Crippen LogP contribution >= 0.6 is 33.9 Å². The van der Waals surface area contributed by atoms with Crippen LogP contribution in [0.4, 0.5) is 10.8 Å². The number of hydrogen-bond donors (Lipinski definition) is 1. The first-order valence-corrected chi connectivity index (χ1v) is 9.89. The Kier molecular flexibility index (Phi) is 4.87. The fraction of sp³-hybridized carbons (Fsp3) is 0.222. The van der Waals surface area contributed by atoms with Gasteiger partial charge in [0.15, 0.2) is 5.13 Å². The first-order valence-electron chi connectivity index (χ1n) is 8.00. The third-order valence-corrected chi connectivity index (χ3v) is 5.96. The number of morpholine rings is 1. The van der Waals surface area contributed by atoms with Gasteiger partial charge >= 0.3 is 0 Å². The zero-order valence-corrected chi connectivity index (χ0v) is 16.3. The zero-order valence-electron chi connectivity index (χ0n) is 13.4. The van der Waals surface area contributed by atoms with E-state index in [9.17, 15) is 4.79 Å². The third-order valence-electron chi connectivity index (χ3n) is 4.09. The summed E-state index contributed by atoms with van der Waals surface area (Å²) in [5, 5.41) is 3.54. The van der Waals surface area contributed by atoms with E-state index in [1.807, 2.05) is 30.3 Å². The van der Waals surface area contributed by atoms with Gasteiger partial charge < -0.3 is 9.64 Å². The number of amides is 1. The van der Waals surface area contributed by atoms with E-state index in [1.54, 1.807) is 0 Å². The summed E-state index contributed by atoms with van der Waals surface area (Å²) in [7, 11) is 0. The predicted octanol–water partition coefficient (Wildman–Crippen LogP) is 3.99. The van der Waals surface area contributed by atoms with Crippen molar-refractivity contribution in [3.05, 3.63) is 51.6 Å². The number of hydrogen-bond acceptors (Lipinski definition) is 5. The molecule has 7 heteroatoms. The lowest BCUT2D eigenvalue weighted by Crippen LogP contribution is -2.36. The van der Waals surface area contributed by atoms with Crippen LogP contribution in [0.5, 0.6) is 0 Å². The average molecular weight is 465 g/mol. The van der Waals surface area contributed by atoms with Crippen molar-refractivity contribution in [1.29, 1.82) is 0 Å². The number of thiazole rings is 1. The number of nitrogens with one attached hydrogen (secondary N) is 1. The monoisotopic (exact) mass is 465 g/mol. The molecule has 3 aromatic rings. The van der Waals surface area contributed by atoms with Gasteiger partial charge in [-0.25, -0.2) is 4.98 Å². The van der Waals surface area contributed by atoms with Gasteiger partial charge in [-0.05, 0) is 52.9 Å². The smallest absolute Gasteiger partial charge is 0.258 e. The minimum absolute atomic E-state index is 0.127. The maximum absolute atomic E-state index is 12.5. The first-order chi connectivity index (χ1) is 12.2. The number of nitrogens with zero attached hydrogens (tertiary/aromatic N) is 2. The molecule has 1 aromatic heterocycles. The van der Waals surface area contributed by atoms with Gasteiger partial charge in [0, 0.05) is 22.3 Å². The molecule has 1 amide bonds. The molecule has 25 heavy (non-hydrogen) atoms. The van der Waals surface area contributed by atoms with Crippen LogP contribution in [0.25, 0.3) is 10.2 Å². The second-order valence-electron chi connectivity index (χ2n) is 5.70. The van der Waals surface area contributed by atoms with Crippen LogP contribution in [-0.2, 0) is 4.74 Å². The highest BCUT2D eigenvalue weighted by molar-refractivity contribution is 14.1. The highest BCUT2D eigenvalue weighted by Crippen LogP contribution is 2.30. The van der Waals surface area contributed by atoms with Crippen LogP contribution in [0.2, 0.25) is 0 Å². The largest absolute Gasteiger partial charge is 0.378 e. The molecule has 0 saturated carbocycles. The van der Waals surface area contributed by atoms with E-state index >= 15 is 0 Å². The maximum Gasteiger partial charge on any atom is 0.258 e. The summed E-state index contributed by atoms with van der Waals surface area (Å²) in [6, 6.07) is 13.8. The Bertz CT molecular complexity index is 922. The molecule has 0 aliphatic carbocycles. The van der Waals surface area contributed by atoms with Crippen LogP contribution in [0.1, 0.15) is 10.4 Å². The van der Waals surface area contributed by atoms with Crippen molar-refractivity contribution in [1.82, 2.24) is 4.98 Å². The Morgan fingerprint density at radius 3 is 2.80 bits per heavy atom. The number of aromatic nitrogens is 1. The van der Waals surface area contributed by atoms with Gasteiger partial charge in [-0.3, -0.25) is 10.1 Å². The molecule has 2 heterocycles. The number of benzene rings is 2.